The molecule has 2 aromatic carbocycles. The van der Waals surface area contributed by atoms with Gasteiger partial charge in [-0.3, -0.25) is 0 Å². The van der Waals surface area contributed by atoms with Gasteiger partial charge < -0.3 is 9.84 Å². The van der Waals surface area contributed by atoms with E-state index in [1.54, 1.807) is 6.07 Å². The summed E-state index contributed by atoms with van der Waals surface area (Å²) in [6.45, 7) is 0. The maximum absolute atomic E-state index is 10.0. The normalized spacial score (nSPS) is 10.4. The highest BCUT2D eigenvalue weighted by molar-refractivity contribution is 9.13. The van der Waals surface area contributed by atoms with Crippen molar-refractivity contribution >= 4 is 63.7 Å². The fourth-order valence-electron chi connectivity index (χ4n) is 1.29. The average Bonchev–Trinajstić information content (AvgIpc) is 2.34. The van der Waals surface area contributed by atoms with Crippen LogP contribution in [0.15, 0.2) is 48.2 Å². The first-order valence-electron chi connectivity index (χ1n) is 4.79. The van der Waals surface area contributed by atoms with Crippen LogP contribution in [-0.2, 0) is 0 Å². The minimum Gasteiger partial charge on any atom is -0.503 e. The van der Waals surface area contributed by atoms with Crippen molar-refractivity contribution < 1.29 is 9.84 Å². The lowest BCUT2D eigenvalue weighted by atomic mass is 10.3. The number of phenols is 1. The summed E-state index contributed by atoms with van der Waals surface area (Å²) in [6, 6.07) is 9.17. The number of phenolic OH excluding ortho intramolecular Hbond substituents is 1. The molecule has 0 atom stereocenters. The summed E-state index contributed by atoms with van der Waals surface area (Å²) in [7, 11) is 0. The molecule has 0 saturated carbocycles. The first kappa shape index (κ1) is 14.4. The summed E-state index contributed by atoms with van der Waals surface area (Å²) in [5.74, 6) is 1.02. The highest BCUT2D eigenvalue weighted by atomic mass is 79.9. The number of aromatic hydroxyl groups is 1. The maximum Gasteiger partial charge on any atom is 0.185 e. The van der Waals surface area contributed by atoms with Crippen LogP contribution >= 0.6 is 63.7 Å². The zero-order valence-electron chi connectivity index (χ0n) is 8.75. The Morgan fingerprint density at radius 3 is 2.22 bits per heavy atom. The molecule has 2 nitrogen and oxygen atoms in total. The van der Waals surface area contributed by atoms with Crippen LogP contribution < -0.4 is 4.74 Å². The van der Waals surface area contributed by atoms with Gasteiger partial charge in [0.2, 0.25) is 0 Å². The SMILES string of the molecule is Oc1c(Br)cc(Br)c(Br)c1Oc1ccccc1Br. The van der Waals surface area contributed by atoms with Gasteiger partial charge in [0.1, 0.15) is 5.75 Å². The first-order valence-corrected chi connectivity index (χ1v) is 7.96. The van der Waals surface area contributed by atoms with Crippen molar-refractivity contribution in [2.24, 2.45) is 0 Å². The monoisotopic (exact) mass is 498 g/mol. The smallest absolute Gasteiger partial charge is 0.185 e. The number of para-hydroxylation sites is 1. The summed E-state index contributed by atoms with van der Waals surface area (Å²) in [4.78, 5) is 0. The van der Waals surface area contributed by atoms with Crippen LogP contribution in [0.3, 0.4) is 0 Å². The van der Waals surface area contributed by atoms with Crippen LogP contribution in [0.4, 0.5) is 0 Å². The van der Waals surface area contributed by atoms with E-state index in [1.807, 2.05) is 24.3 Å². The van der Waals surface area contributed by atoms with Crippen LogP contribution in [0, 0.1) is 0 Å². The Balaban J connectivity index is 2.50. The minimum atomic E-state index is 0.0424. The molecule has 0 aromatic heterocycles. The third-order valence-electron chi connectivity index (χ3n) is 2.15. The van der Waals surface area contributed by atoms with Gasteiger partial charge >= 0.3 is 0 Å². The number of hydrogen-bond acceptors (Lipinski definition) is 2. The molecule has 6 heteroatoms. The maximum atomic E-state index is 10.0. The fraction of sp³-hybridized carbons (Fsp3) is 0. The van der Waals surface area contributed by atoms with E-state index in [-0.39, 0.29) is 5.75 Å². The molecule has 0 radical (unpaired) electrons. The molecule has 0 bridgehead atoms. The molecule has 0 spiro atoms. The van der Waals surface area contributed by atoms with Crippen molar-refractivity contribution in [1.82, 2.24) is 0 Å². The van der Waals surface area contributed by atoms with Crippen LogP contribution in [0.2, 0.25) is 0 Å². The summed E-state index contributed by atoms with van der Waals surface area (Å²) in [5.41, 5.74) is 0. The Kier molecular flexibility index (Phi) is 4.75. The molecular weight excluding hydrogens is 496 g/mol. The Hall–Kier alpha value is -0.0400. The summed E-state index contributed by atoms with van der Waals surface area (Å²) < 4.78 is 8.53. The zero-order chi connectivity index (χ0) is 13.3. The van der Waals surface area contributed by atoms with Gasteiger partial charge in [-0.2, -0.15) is 0 Å². The molecule has 18 heavy (non-hydrogen) atoms. The molecular formula is C12H6Br4O2. The van der Waals surface area contributed by atoms with Crippen molar-refractivity contribution in [1.29, 1.82) is 0 Å². The Morgan fingerprint density at radius 1 is 0.889 bits per heavy atom. The van der Waals surface area contributed by atoms with Gasteiger partial charge in [0.25, 0.3) is 0 Å². The van der Waals surface area contributed by atoms with Crippen molar-refractivity contribution in [2.45, 2.75) is 0 Å². The molecule has 0 amide bonds. The molecule has 0 fully saturated rings. The van der Waals surface area contributed by atoms with E-state index >= 15 is 0 Å². The Labute approximate surface area is 138 Å². The third-order valence-corrected chi connectivity index (χ3v) is 5.36. The highest BCUT2D eigenvalue weighted by Gasteiger charge is 2.16. The average molecular weight is 502 g/mol. The molecule has 0 unspecified atom stereocenters. The van der Waals surface area contributed by atoms with Crippen LogP contribution in [0.5, 0.6) is 17.2 Å². The topological polar surface area (TPSA) is 29.5 Å². The van der Waals surface area contributed by atoms with E-state index in [1.165, 1.54) is 0 Å². The van der Waals surface area contributed by atoms with Gasteiger partial charge in [-0.25, -0.2) is 0 Å². The molecule has 1 N–H and O–H groups in total. The lowest BCUT2D eigenvalue weighted by Gasteiger charge is -2.13. The van der Waals surface area contributed by atoms with Crippen molar-refractivity contribution in [2.75, 3.05) is 0 Å². The van der Waals surface area contributed by atoms with Gasteiger partial charge in [-0.05, 0) is 81.9 Å². The Morgan fingerprint density at radius 2 is 1.56 bits per heavy atom. The van der Waals surface area contributed by atoms with Crippen LogP contribution in [0.1, 0.15) is 0 Å². The van der Waals surface area contributed by atoms with Gasteiger partial charge in [0.05, 0.1) is 13.4 Å². The quantitative estimate of drug-likeness (QED) is 0.494. The molecule has 0 aliphatic rings. The van der Waals surface area contributed by atoms with Gasteiger partial charge in [-0.1, -0.05) is 12.1 Å². The van der Waals surface area contributed by atoms with E-state index < -0.39 is 0 Å². The second-order valence-corrected chi connectivity index (χ2v) is 6.72. The predicted molar refractivity (Wildman–Crippen MR) is 85.4 cm³/mol. The summed E-state index contributed by atoms with van der Waals surface area (Å²) in [5, 5.41) is 10.0. The largest absolute Gasteiger partial charge is 0.503 e. The van der Waals surface area contributed by atoms with Gasteiger partial charge in [0.15, 0.2) is 11.5 Å². The fourth-order valence-corrected chi connectivity index (χ4v) is 3.17. The van der Waals surface area contributed by atoms with E-state index in [0.717, 1.165) is 8.95 Å². The molecule has 94 valence electrons. The predicted octanol–water partition coefficient (Wildman–Crippen LogP) is 6.23. The number of ether oxygens (including phenoxy) is 1. The second-order valence-electron chi connectivity index (χ2n) is 3.36. The molecule has 0 saturated heterocycles. The first-order chi connectivity index (χ1) is 8.50. The number of halogens is 4. The molecule has 0 heterocycles. The van der Waals surface area contributed by atoms with Crippen molar-refractivity contribution in [3.63, 3.8) is 0 Å². The highest BCUT2D eigenvalue weighted by Crippen LogP contribution is 2.47. The summed E-state index contributed by atoms with van der Waals surface area (Å²) in [6.07, 6.45) is 0. The van der Waals surface area contributed by atoms with Gasteiger partial charge in [-0.15, -0.1) is 0 Å². The molecule has 2 aromatic rings. The lowest BCUT2D eigenvalue weighted by Crippen LogP contribution is -1.89. The third kappa shape index (κ3) is 2.92. The number of hydrogen-bond donors (Lipinski definition) is 1. The zero-order valence-corrected chi connectivity index (χ0v) is 15.1. The van der Waals surface area contributed by atoms with E-state index in [2.05, 4.69) is 63.7 Å². The van der Waals surface area contributed by atoms with Crippen LogP contribution in [-0.4, -0.2) is 5.11 Å². The summed E-state index contributed by atoms with van der Waals surface area (Å²) >= 11 is 13.4. The second kappa shape index (κ2) is 5.94. The van der Waals surface area contributed by atoms with Crippen molar-refractivity contribution in [3.8, 4) is 17.2 Å². The molecule has 0 aliphatic heterocycles. The lowest BCUT2D eigenvalue weighted by molar-refractivity contribution is 0.405. The molecule has 0 aliphatic carbocycles. The number of rotatable bonds is 2. The minimum absolute atomic E-state index is 0.0424. The number of benzene rings is 2. The van der Waals surface area contributed by atoms with E-state index in [0.29, 0.717) is 20.4 Å². The standard InChI is InChI=1S/C12H6Br4O2/c13-6-3-1-2-4-9(6)18-12-10(16)7(14)5-8(15)11(12)17/h1-5,17H. The Bertz CT molecular complexity index is 573. The van der Waals surface area contributed by atoms with E-state index in [9.17, 15) is 5.11 Å². The van der Waals surface area contributed by atoms with Crippen LogP contribution in [0.25, 0.3) is 0 Å². The van der Waals surface area contributed by atoms with Crippen molar-refractivity contribution in [3.05, 3.63) is 48.2 Å². The van der Waals surface area contributed by atoms with E-state index in [4.69, 9.17) is 4.74 Å². The van der Waals surface area contributed by atoms with Gasteiger partial charge in [0, 0.05) is 4.47 Å². The molecule has 2 rings (SSSR count).